The third-order valence-corrected chi connectivity index (χ3v) is 8.52. The van der Waals surface area contributed by atoms with Crippen molar-refractivity contribution in [2.45, 2.75) is 51.6 Å². The molecule has 1 aromatic rings. The number of hydrogen-bond donors (Lipinski definition) is 0. The summed E-state index contributed by atoms with van der Waals surface area (Å²) in [6, 6.07) is 4.63. The summed E-state index contributed by atoms with van der Waals surface area (Å²) in [6.07, 6.45) is 3.93. The van der Waals surface area contributed by atoms with Crippen LogP contribution in [-0.2, 0) is 26.3 Å². The Morgan fingerprint density at radius 2 is 2.04 bits per heavy atom. The molecule has 0 spiro atoms. The molecule has 0 N–H and O–H groups in total. The van der Waals surface area contributed by atoms with Crippen LogP contribution in [0.3, 0.4) is 0 Å². The average Bonchev–Trinajstić information content (AvgIpc) is 3.12. The number of amides is 1. The lowest BCUT2D eigenvalue weighted by Gasteiger charge is -2.28. The van der Waals surface area contributed by atoms with E-state index in [0.717, 1.165) is 18.4 Å². The second-order valence-corrected chi connectivity index (χ2v) is 12.0. The van der Waals surface area contributed by atoms with Crippen molar-refractivity contribution in [2.24, 2.45) is 0 Å². The minimum absolute atomic E-state index is 0.0201. The second kappa shape index (κ2) is 7.67. The molecule has 1 fully saturated rings. The summed E-state index contributed by atoms with van der Waals surface area (Å²) >= 11 is 0. The highest BCUT2D eigenvalue weighted by Crippen LogP contribution is 2.35. The molecule has 2 aliphatic rings. The molecule has 1 amide bonds. The predicted octanol–water partition coefficient (Wildman–Crippen LogP) is 1.83. The van der Waals surface area contributed by atoms with Gasteiger partial charge in [0, 0.05) is 24.2 Å². The number of nitrogens with zero attached hydrogens (tertiary/aromatic N) is 2. The molecule has 0 aromatic heterocycles. The van der Waals surface area contributed by atoms with Crippen molar-refractivity contribution in [3.05, 3.63) is 29.3 Å². The number of sulfone groups is 1. The van der Waals surface area contributed by atoms with Gasteiger partial charge in [0.05, 0.1) is 23.4 Å². The van der Waals surface area contributed by atoms with Crippen LogP contribution in [0.1, 0.15) is 49.0 Å². The number of hydrogen-bond acceptors (Lipinski definition) is 5. The van der Waals surface area contributed by atoms with Crippen LogP contribution >= 0.6 is 0 Å². The van der Waals surface area contributed by atoms with E-state index in [-0.39, 0.29) is 29.5 Å². The van der Waals surface area contributed by atoms with Crippen molar-refractivity contribution in [3.8, 4) is 0 Å². The van der Waals surface area contributed by atoms with Crippen LogP contribution in [0.15, 0.2) is 18.2 Å². The van der Waals surface area contributed by atoms with Gasteiger partial charge < -0.3 is 4.90 Å². The van der Waals surface area contributed by atoms with Gasteiger partial charge in [-0.15, -0.1) is 0 Å². The predicted molar refractivity (Wildman–Crippen MR) is 110 cm³/mol. The zero-order valence-electron chi connectivity index (χ0n) is 16.6. The SMILES string of the molecule is CCCCN(C(=O)c1ccc2c(c1)CC(C)N2S(C)(=O)=O)C1CCS(=O)(=O)C1. The van der Waals surface area contributed by atoms with E-state index in [0.29, 0.717) is 30.6 Å². The van der Waals surface area contributed by atoms with Crippen molar-refractivity contribution in [3.63, 3.8) is 0 Å². The fourth-order valence-corrected chi connectivity index (χ4v) is 7.20. The van der Waals surface area contributed by atoms with Gasteiger partial charge in [0.1, 0.15) is 0 Å². The third-order valence-electron chi connectivity index (χ3n) is 5.50. The zero-order valence-corrected chi connectivity index (χ0v) is 18.2. The normalized spacial score (nSPS) is 23.6. The lowest BCUT2D eigenvalue weighted by Crippen LogP contribution is -2.41. The van der Waals surface area contributed by atoms with Crippen molar-refractivity contribution in [1.82, 2.24) is 4.90 Å². The first-order valence-corrected chi connectivity index (χ1v) is 13.3. The number of carbonyl (C=O) groups is 1. The number of sulfonamides is 1. The summed E-state index contributed by atoms with van der Waals surface area (Å²) < 4.78 is 49.4. The maximum Gasteiger partial charge on any atom is 0.254 e. The Labute approximate surface area is 167 Å². The Balaban J connectivity index is 1.89. The van der Waals surface area contributed by atoms with Gasteiger partial charge in [-0.3, -0.25) is 9.10 Å². The largest absolute Gasteiger partial charge is 0.335 e. The average molecular weight is 429 g/mol. The monoisotopic (exact) mass is 428 g/mol. The first-order chi connectivity index (χ1) is 13.0. The Morgan fingerprint density at radius 3 is 2.61 bits per heavy atom. The topological polar surface area (TPSA) is 91.8 Å². The van der Waals surface area contributed by atoms with E-state index in [1.54, 1.807) is 23.1 Å². The van der Waals surface area contributed by atoms with E-state index in [4.69, 9.17) is 0 Å². The van der Waals surface area contributed by atoms with Crippen LogP contribution in [-0.4, -0.2) is 64.0 Å². The van der Waals surface area contributed by atoms with Crippen molar-refractivity contribution >= 4 is 31.5 Å². The lowest BCUT2D eigenvalue weighted by atomic mass is 10.0. The highest BCUT2D eigenvalue weighted by atomic mass is 32.2. The van der Waals surface area contributed by atoms with Gasteiger partial charge in [-0.05, 0) is 49.9 Å². The van der Waals surface area contributed by atoms with Crippen LogP contribution in [0.25, 0.3) is 0 Å². The van der Waals surface area contributed by atoms with Gasteiger partial charge in [0.2, 0.25) is 10.0 Å². The quantitative estimate of drug-likeness (QED) is 0.689. The number of anilines is 1. The molecule has 7 nitrogen and oxygen atoms in total. The molecule has 0 bridgehead atoms. The molecule has 9 heteroatoms. The molecule has 0 saturated carbocycles. The van der Waals surface area contributed by atoms with Crippen LogP contribution in [0.2, 0.25) is 0 Å². The first-order valence-electron chi connectivity index (χ1n) is 9.67. The van der Waals surface area contributed by atoms with Crippen LogP contribution in [0, 0.1) is 0 Å². The van der Waals surface area contributed by atoms with Gasteiger partial charge in [-0.1, -0.05) is 13.3 Å². The highest BCUT2D eigenvalue weighted by molar-refractivity contribution is 7.92. The summed E-state index contributed by atoms with van der Waals surface area (Å²) in [5.74, 6) is -0.0333. The standard InChI is InChI=1S/C19H28N2O5S2/c1-4-5-9-20(17-8-10-28(25,26)13-17)19(22)15-6-7-18-16(12-15)11-14(2)21(18)27(3,23)24/h6-7,12,14,17H,4-5,8-11,13H2,1-3H3. The van der Waals surface area contributed by atoms with Crippen molar-refractivity contribution < 1.29 is 21.6 Å². The Bertz CT molecular complexity index is 972. The molecule has 0 radical (unpaired) electrons. The molecule has 2 aliphatic heterocycles. The fraction of sp³-hybridized carbons (Fsp3) is 0.632. The van der Waals surface area contributed by atoms with Gasteiger partial charge in [-0.2, -0.15) is 0 Å². The first kappa shape index (κ1) is 21.1. The van der Waals surface area contributed by atoms with E-state index in [2.05, 4.69) is 0 Å². The van der Waals surface area contributed by atoms with E-state index in [1.807, 2.05) is 13.8 Å². The molecule has 1 aromatic carbocycles. The molecule has 2 unspecified atom stereocenters. The van der Waals surface area contributed by atoms with E-state index < -0.39 is 19.9 Å². The number of benzene rings is 1. The van der Waals surface area contributed by atoms with Crippen LogP contribution in [0.4, 0.5) is 5.69 Å². The fourth-order valence-electron chi connectivity index (χ4n) is 4.21. The molecule has 2 heterocycles. The molecular weight excluding hydrogens is 400 g/mol. The number of unbranched alkanes of at least 4 members (excludes halogenated alkanes) is 1. The number of rotatable bonds is 6. The number of carbonyl (C=O) groups excluding carboxylic acids is 1. The summed E-state index contributed by atoms with van der Waals surface area (Å²) in [5.41, 5.74) is 1.94. The van der Waals surface area contributed by atoms with Crippen LogP contribution in [0.5, 0.6) is 0 Å². The lowest BCUT2D eigenvalue weighted by molar-refractivity contribution is 0.0694. The van der Waals surface area contributed by atoms with E-state index >= 15 is 0 Å². The zero-order chi connectivity index (χ0) is 20.7. The van der Waals surface area contributed by atoms with Crippen LogP contribution < -0.4 is 4.31 Å². The highest BCUT2D eigenvalue weighted by Gasteiger charge is 2.36. The van der Waals surface area contributed by atoms with Gasteiger partial charge in [0.25, 0.3) is 5.91 Å². The molecule has 156 valence electrons. The smallest absolute Gasteiger partial charge is 0.254 e. The van der Waals surface area contributed by atoms with Crippen molar-refractivity contribution in [1.29, 1.82) is 0 Å². The molecule has 2 atom stereocenters. The minimum Gasteiger partial charge on any atom is -0.335 e. The number of fused-ring (bicyclic) bond motifs is 1. The van der Waals surface area contributed by atoms with Gasteiger partial charge in [0.15, 0.2) is 9.84 Å². The summed E-state index contributed by atoms with van der Waals surface area (Å²) in [7, 11) is -6.47. The van der Waals surface area contributed by atoms with E-state index in [1.165, 1.54) is 10.6 Å². The summed E-state index contributed by atoms with van der Waals surface area (Å²) in [4.78, 5) is 14.9. The summed E-state index contributed by atoms with van der Waals surface area (Å²) in [6.45, 7) is 4.41. The maximum absolute atomic E-state index is 13.2. The van der Waals surface area contributed by atoms with Gasteiger partial charge >= 0.3 is 0 Å². The Morgan fingerprint density at radius 1 is 1.32 bits per heavy atom. The minimum atomic E-state index is -3.38. The maximum atomic E-state index is 13.2. The summed E-state index contributed by atoms with van der Waals surface area (Å²) in [5, 5.41) is 0. The molecule has 0 aliphatic carbocycles. The van der Waals surface area contributed by atoms with E-state index in [9.17, 15) is 21.6 Å². The molecule has 1 saturated heterocycles. The second-order valence-electron chi connectivity index (χ2n) is 7.86. The molecule has 28 heavy (non-hydrogen) atoms. The molecular formula is C19H28N2O5S2. The third kappa shape index (κ3) is 4.20. The Hall–Kier alpha value is -1.61. The molecule has 3 rings (SSSR count). The van der Waals surface area contributed by atoms with Crippen molar-refractivity contribution in [2.75, 3.05) is 28.6 Å². The van der Waals surface area contributed by atoms with Gasteiger partial charge in [-0.25, -0.2) is 16.8 Å². The Kier molecular flexibility index (Phi) is 5.78.